The van der Waals surface area contributed by atoms with Crippen molar-refractivity contribution in [2.75, 3.05) is 31.1 Å². The number of hydrogen-bond acceptors (Lipinski definition) is 4. The van der Waals surface area contributed by atoms with Gasteiger partial charge in [-0.25, -0.2) is 17.2 Å². The Morgan fingerprint density at radius 3 is 2.48 bits per heavy atom. The second kappa shape index (κ2) is 6.86. The highest BCUT2D eigenvalue weighted by Gasteiger charge is 2.30. The average Bonchev–Trinajstić information content (AvgIpc) is 2.69. The minimum Gasteiger partial charge on any atom is -0.366 e. The number of piperazine rings is 1. The topological polar surface area (TPSA) is 53.5 Å². The van der Waals surface area contributed by atoms with Gasteiger partial charge in [0.25, 0.3) is 0 Å². The molecule has 0 spiro atoms. The van der Waals surface area contributed by atoms with E-state index in [9.17, 15) is 17.2 Å². The third-order valence-electron chi connectivity index (χ3n) is 4.71. The summed E-state index contributed by atoms with van der Waals surface area (Å²) in [6.45, 7) is 0.940. The summed E-state index contributed by atoms with van der Waals surface area (Å²) in [5.74, 6) is -1.04. The Morgan fingerprint density at radius 1 is 0.926 bits per heavy atom. The summed E-state index contributed by atoms with van der Waals surface area (Å²) in [5, 5.41) is 0.568. The van der Waals surface area contributed by atoms with Gasteiger partial charge in [0.1, 0.15) is 11.6 Å². The minimum atomic E-state index is -3.71. The molecule has 2 aromatic carbocycles. The Kier molecular flexibility index (Phi) is 4.53. The van der Waals surface area contributed by atoms with Crippen molar-refractivity contribution < 1.29 is 17.2 Å². The number of sulfonamides is 1. The van der Waals surface area contributed by atoms with E-state index in [-0.39, 0.29) is 36.8 Å². The van der Waals surface area contributed by atoms with Gasteiger partial charge in [-0.05, 0) is 36.4 Å². The third-order valence-corrected chi connectivity index (χ3v) is 6.67. The van der Waals surface area contributed by atoms with Crippen LogP contribution in [0.3, 0.4) is 0 Å². The number of hydrogen-bond donors (Lipinski definition) is 0. The van der Waals surface area contributed by atoms with Gasteiger partial charge in [-0.1, -0.05) is 6.07 Å². The molecule has 1 aromatic heterocycles. The molecular weight excluding hydrogens is 372 g/mol. The first-order valence-electron chi connectivity index (χ1n) is 8.51. The second-order valence-electron chi connectivity index (χ2n) is 6.31. The predicted molar refractivity (Wildman–Crippen MR) is 99.1 cm³/mol. The zero-order chi connectivity index (χ0) is 19.0. The molecule has 2 heterocycles. The molecule has 27 heavy (non-hydrogen) atoms. The summed E-state index contributed by atoms with van der Waals surface area (Å²) < 4.78 is 55.0. The largest absolute Gasteiger partial charge is 0.366 e. The second-order valence-corrected chi connectivity index (χ2v) is 8.22. The molecule has 1 fully saturated rings. The Labute approximate surface area is 155 Å². The fraction of sp³-hybridized carbons (Fsp3) is 0.211. The Morgan fingerprint density at radius 2 is 1.70 bits per heavy atom. The summed E-state index contributed by atoms with van der Waals surface area (Å²) in [5.41, 5.74) is 0.764. The molecule has 0 unspecified atom stereocenters. The molecule has 0 saturated carbocycles. The van der Waals surface area contributed by atoms with Gasteiger partial charge < -0.3 is 4.90 Å². The van der Waals surface area contributed by atoms with E-state index in [0.717, 1.165) is 18.2 Å². The van der Waals surface area contributed by atoms with Crippen LogP contribution < -0.4 is 4.90 Å². The zero-order valence-corrected chi connectivity index (χ0v) is 15.2. The quantitative estimate of drug-likeness (QED) is 0.691. The van der Waals surface area contributed by atoms with Crippen molar-refractivity contribution in [1.29, 1.82) is 0 Å². The average molecular weight is 389 g/mol. The summed E-state index contributed by atoms with van der Waals surface area (Å²) in [6.07, 6.45) is 1.62. The number of aromatic nitrogens is 1. The fourth-order valence-electron chi connectivity index (χ4n) is 3.34. The van der Waals surface area contributed by atoms with E-state index in [2.05, 4.69) is 4.98 Å². The maximum absolute atomic E-state index is 14.0. The Bertz CT molecular complexity index is 1090. The van der Waals surface area contributed by atoms with Crippen LogP contribution in [0.15, 0.2) is 59.6 Å². The molecule has 8 heteroatoms. The number of pyridine rings is 1. The SMILES string of the molecule is O=S(=O)(c1cccc2ncccc12)N1CCN(c2cc(F)ccc2F)CC1. The molecule has 1 aliphatic heterocycles. The third kappa shape index (κ3) is 3.26. The van der Waals surface area contributed by atoms with Crippen LogP contribution in [0.2, 0.25) is 0 Å². The summed E-state index contributed by atoms with van der Waals surface area (Å²) in [6, 6.07) is 11.7. The Balaban J connectivity index is 1.59. The lowest BCUT2D eigenvalue weighted by atomic mass is 10.2. The van der Waals surface area contributed by atoms with Crippen LogP contribution in [-0.4, -0.2) is 43.9 Å². The highest BCUT2D eigenvalue weighted by atomic mass is 32.2. The van der Waals surface area contributed by atoms with E-state index >= 15 is 0 Å². The monoisotopic (exact) mass is 389 g/mol. The molecule has 0 N–H and O–H groups in total. The van der Waals surface area contributed by atoms with Crippen LogP contribution in [0.1, 0.15) is 0 Å². The van der Waals surface area contributed by atoms with Gasteiger partial charge in [0.05, 0.1) is 16.1 Å². The molecule has 5 nitrogen and oxygen atoms in total. The molecule has 140 valence electrons. The molecule has 1 saturated heterocycles. The minimum absolute atomic E-state index is 0.154. The number of rotatable bonds is 3. The molecule has 0 bridgehead atoms. The molecule has 0 atom stereocenters. The van der Waals surface area contributed by atoms with E-state index in [1.807, 2.05) is 0 Å². The Hall–Kier alpha value is -2.58. The van der Waals surface area contributed by atoms with Crippen LogP contribution in [0, 0.1) is 11.6 Å². The van der Waals surface area contributed by atoms with Crippen LogP contribution in [0.5, 0.6) is 0 Å². The molecule has 1 aliphatic rings. The van der Waals surface area contributed by atoms with Gasteiger partial charge in [0.15, 0.2) is 0 Å². The molecule has 0 amide bonds. The number of benzene rings is 2. The predicted octanol–water partition coefficient (Wildman–Crippen LogP) is 3.02. The van der Waals surface area contributed by atoms with Crippen molar-refractivity contribution in [3.8, 4) is 0 Å². The number of fused-ring (bicyclic) bond motifs is 1. The van der Waals surface area contributed by atoms with Crippen LogP contribution in [0.25, 0.3) is 10.9 Å². The van der Waals surface area contributed by atoms with E-state index in [4.69, 9.17) is 0 Å². The van der Waals surface area contributed by atoms with Crippen molar-refractivity contribution in [1.82, 2.24) is 9.29 Å². The summed E-state index contributed by atoms with van der Waals surface area (Å²) in [4.78, 5) is 6.07. The van der Waals surface area contributed by atoms with E-state index in [1.54, 1.807) is 41.4 Å². The van der Waals surface area contributed by atoms with Crippen LogP contribution in [0.4, 0.5) is 14.5 Å². The fourth-order valence-corrected chi connectivity index (χ4v) is 4.96. The van der Waals surface area contributed by atoms with Gasteiger partial charge in [0, 0.05) is 43.8 Å². The molecule has 4 rings (SSSR count). The van der Waals surface area contributed by atoms with Crippen LogP contribution in [-0.2, 0) is 10.0 Å². The summed E-state index contributed by atoms with van der Waals surface area (Å²) in [7, 11) is -3.71. The zero-order valence-electron chi connectivity index (χ0n) is 14.3. The lowest BCUT2D eigenvalue weighted by molar-refractivity contribution is 0.383. The van der Waals surface area contributed by atoms with Crippen molar-refractivity contribution in [2.24, 2.45) is 0 Å². The first-order valence-corrected chi connectivity index (χ1v) is 9.95. The van der Waals surface area contributed by atoms with Gasteiger partial charge in [-0.2, -0.15) is 4.31 Å². The lowest BCUT2D eigenvalue weighted by Gasteiger charge is -2.35. The highest BCUT2D eigenvalue weighted by molar-refractivity contribution is 7.89. The van der Waals surface area contributed by atoms with E-state index < -0.39 is 21.7 Å². The van der Waals surface area contributed by atoms with Crippen molar-refractivity contribution in [3.63, 3.8) is 0 Å². The van der Waals surface area contributed by atoms with Crippen molar-refractivity contribution in [3.05, 3.63) is 66.4 Å². The van der Waals surface area contributed by atoms with Crippen molar-refractivity contribution >= 4 is 26.6 Å². The molecule has 0 radical (unpaired) electrons. The van der Waals surface area contributed by atoms with Gasteiger partial charge >= 0.3 is 0 Å². The van der Waals surface area contributed by atoms with Gasteiger partial charge in [-0.15, -0.1) is 0 Å². The number of anilines is 1. The molecular formula is C19H17F2N3O2S. The maximum Gasteiger partial charge on any atom is 0.243 e. The van der Waals surface area contributed by atoms with Gasteiger partial charge in [0.2, 0.25) is 10.0 Å². The first-order chi connectivity index (χ1) is 13.0. The molecule has 3 aromatic rings. The highest BCUT2D eigenvalue weighted by Crippen LogP contribution is 2.27. The smallest absolute Gasteiger partial charge is 0.243 e. The summed E-state index contributed by atoms with van der Waals surface area (Å²) >= 11 is 0. The molecule has 0 aliphatic carbocycles. The number of nitrogens with zero attached hydrogens (tertiary/aromatic N) is 3. The van der Waals surface area contributed by atoms with Crippen molar-refractivity contribution in [2.45, 2.75) is 4.90 Å². The normalized spacial score (nSPS) is 16.0. The number of halogens is 2. The maximum atomic E-state index is 14.0. The van der Waals surface area contributed by atoms with E-state index in [0.29, 0.717) is 10.9 Å². The van der Waals surface area contributed by atoms with Gasteiger partial charge in [-0.3, -0.25) is 4.98 Å². The lowest BCUT2D eigenvalue weighted by Crippen LogP contribution is -2.49. The van der Waals surface area contributed by atoms with Crippen LogP contribution >= 0.6 is 0 Å². The van der Waals surface area contributed by atoms with E-state index in [1.165, 1.54) is 4.31 Å². The standard InChI is InChI=1S/C19H17F2N3O2S/c20-14-6-7-16(21)18(13-14)23-9-11-24(12-10-23)27(25,26)19-5-1-4-17-15(19)3-2-8-22-17/h1-8,13H,9-12H2. The first kappa shape index (κ1) is 17.8.